The minimum absolute atomic E-state index is 0.0157. The Balaban J connectivity index is 2.13. The third-order valence-electron chi connectivity index (χ3n) is 3.67. The summed E-state index contributed by atoms with van der Waals surface area (Å²) in [7, 11) is 0. The molecule has 0 amide bonds. The van der Waals surface area contributed by atoms with Crippen molar-refractivity contribution in [2.75, 3.05) is 6.61 Å². The number of hydrogen-bond acceptors (Lipinski definition) is 4. The maximum absolute atomic E-state index is 6.20. The van der Waals surface area contributed by atoms with E-state index in [1.165, 1.54) is 0 Å². The fourth-order valence-electron chi connectivity index (χ4n) is 2.58. The van der Waals surface area contributed by atoms with Gasteiger partial charge in [-0.05, 0) is 37.5 Å². The first-order valence-corrected chi connectivity index (χ1v) is 7.11. The summed E-state index contributed by atoms with van der Waals surface area (Å²) < 4.78 is 7.60. The molecular weight excluding hydrogens is 276 g/mol. The normalized spacial score (nSPS) is 18.6. The van der Waals surface area contributed by atoms with E-state index in [9.17, 15) is 0 Å². The van der Waals surface area contributed by atoms with E-state index in [1.807, 2.05) is 29.8 Å². The minimum Gasteiger partial charge on any atom is -0.372 e. The molecule has 0 spiro atoms. The molecule has 20 heavy (non-hydrogen) atoms. The molecule has 1 saturated heterocycles. The van der Waals surface area contributed by atoms with Gasteiger partial charge in [0, 0.05) is 18.2 Å². The Kier molecular flexibility index (Phi) is 3.74. The predicted octanol–water partition coefficient (Wildman–Crippen LogP) is 2.54. The van der Waals surface area contributed by atoms with Crippen LogP contribution >= 0.6 is 11.6 Å². The third-order valence-corrected chi connectivity index (χ3v) is 4.08. The van der Waals surface area contributed by atoms with Crippen LogP contribution in [0.15, 0.2) is 18.2 Å². The van der Waals surface area contributed by atoms with Crippen LogP contribution in [0.1, 0.15) is 35.9 Å². The second-order valence-corrected chi connectivity index (χ2v) is 5.33. The Bertz CT molecular complexity index is 620. The lowest BCUT2D eigenvalue weighted by Crippen LogP contribution is -2.11. The second-order valence-electron chi connectivity index (χ2n) is 4.92. The van der Waals surface area contributed by atoms with Crippen LogP contribution in [-0.4, -0.2) is 21.6 Å². The van der Waals surface area contributed by atoms with E-state index in [-0.39, 0.29) is 6.10 Å². The fourth-order valence-corrected chi connectivity index (χ4v) is 2.75. The summed E-state index contributed by atoms with van der Waals surface area (Å²) in [5.74, 6) is 0. The Morgan fingerprint density at radius 1 is 1.50 bits per heavy atom. The predicted molar refractivity (Wildman–Crippen MR) is 76.9 cm³/mol. The highest BCUT2D eigenvalue weighted by atomic mass is 35.5. The summed E-state index contributed by atoms with van der Waals surface area (Å²) in [6, 6.07) is 5.76. The fraction of sp³-hybridized carbons (Fsp3) is 0.429. The van der Waals surface area contributed by atoms with Gasteiger partial charge in [-0.3, -0.25) is 0 Å². The first-order chi connectivity index (χ1) is 9.72. The molecule has 0 radical (unpaired) electrons. The monoisotopic (exact) mass is 292 g/mol. The summed E-state index contributed by atoms with van der Waals surface area (Å²) in [6.07, 6.45) is 2.04. The lowest BCUT2D eigenvalue weighted by Gasteiger charge is -2.15. The smallest absolute Gasteiger partial charge is 0.103 e. The van der Waals surface area contributed by atoms with Crippen LogP contribution in [0.5, 0.6) is 0 Å². The average molecular weight is 293 g/mol. The molecule has 5 nitrogen and oxygen atoms in total. The molecule has 1 aliphatic heterocycles. The van der Waals surface area contributed by atoms with E-state index in [4.69, 9.17) is 22.1 Å². The zero-order valence-electron chi connectivity index (χ0n) is 11.3. The Hall–Kier alpha value is -1.43. The summed E-state index contributed by atoms with van der Waals surface area (Å²) in [4.78, 5) is 0. The van der Waals surface area contributed by atoms with Crippen LogP contribution in [0.3, 0.4) is 0 Å². The van der Waals surface area contributed by atoms with Gasteiger partial charge in [-0.1, -0.05) is 22.9 Å². The standard InChI is InChI=1S/C14H17ClN4O/c1-9-10(15)4-2-5-12(9)19-14(11(8-16)17-18-19)13-6-3-7-20-13/h2,4-5,13H,3,6-8,16H2,1H3. The van der Waals surface area contributed by atoms with E-state index in [2.05, 4.69) is 10.3 Å². The highest BCUT2D eigenvalue weighted by molar-refractivity contribution is 6.31. The van der Waals surface area contributed by atoms with Crippen molar-refractivity contribution in [3.63, 3.8) is 0 Å². The molecule has 2 aromatic rings. The van der Waals surface area contributed by atoms with Crippen molar-refractivity contribution in [1.82, 2.24) is 15.0 Å². The number of ether oxygens (including phenoxy) is 1. The highest BCUT2D eigenvalue weighted by Gasteiger charge is 2.27. The molecule has 1 fully saturated rings. The molecule has 106 valence electrons. The average Bonchev–Trinajstić information content (AvgIpc) is 3.09. The van der Waals surface area contributed by atoms with Crippen molar-refractivity contribution in [2.45, 2.75) is 32.4 Å². The summed E-state index contributed by atoms with van der Waals surface area (Å²) in [5, 5.41) is 9.16. The van der Waals surface area contributed by atoms with Crippen molar-refractivity contribution in [2.24, 2.45) is 5.73 Å². The van der Waals surface area contributed by atoms with E-state index < -0.39 is 0 Å². The number of benzene rings is 1. The molecule has 0 aliphatic carbocycles. The van der Waals surface area contributed by atoms with Gasteiger partial charge in [0.05, 0.1) is 11.4 Å². The van der Waals surface area contributed by atoms with Crippen LogP contribution in [0.2, 0.25) is 5.02 Å². The highest BCUT2D eigenvalue weighted by Crippen LogP contribution is 2.32. The molecule has 2 N–H and O–H groups in total. The zero-order chi connectivity index (χ0) is 14.1. The second kappa shape index (κ2) is 5.52. The van der Waals surface area contributed by atoms with Crippen LogP contribution < -0.4 is 5.73 Å². The van der Waals surface area contributed by atoms with Crippen molar-refractivity contribution >= 4 is 11.6 Å². The summed E-state index contributed by atoms with van der Waals surface area (Å²) >= 11 is 6.20. The molecule has 0 saturated carbocycles. The molecule has 3 rings (SSSR count). The van der Waals surface area contributed by atoms with E-state index in [0.717, 1.165) is 42.1 Å². The topological polar surface area (TPSA) is 66.0 Å². The molecule has 0 bridgehead atoms. The number of hydrogen-bond donors (Lipinski definition) is 1. The minimum atomic E-state index is 0.0157. The summed E-state index contributed by atoms with van der Waals surface area (Å²) in [6.45, 7) is 3.10. The van der Waals surface area contributed by atoms with Crippen molar-refractivity contribution in [3.8, 4) is 5.69 Å². The Labute approximate surface area is 122 Å². The number of nitrogens with zero attached hydrogens (tertiary/aromatic N) is 3. The molecule has 1 aromatic heterocycles. The Morgan fingerprint density at radius 3 is 3.05 bits per heavy atom. The van der Waals surface area contributed by atoms with Crippen molar-refractivity contribution in [3.05, 3.63) is 40.2 Å². The van der Waals surface area contributed by atoms with E-state index in [0.29, 0.717) is 11.6 Å². The molecule has 1 aliphatic rings. The molecular formula is C14H17ClN4O. The van der Waals surface area contributed by atoms with E-state index in [1.54, 1.807) is 0 Å². The third kappa shape index (κ3) is 2.22. The van der Waals surface area contributed by atoms with E-state index >= 15 is 0 Å². The van der Waals surface area contributed by atoms with Crippen molar-refractivity contribution in [1.29, 1.82) is 0 Å². The van der Waals surface area contributed by atoms with Gasteiger partial charge in [-0.25, -0.2) is 4.68 Å². The summed E-state index contributed by atoms with van der Waals surface area (Å²) in [5.41, 5.74) is 9.42. The van der Waals surface area contributed by atoms with Crippen LogP contribution in [0.4, 0.5) is 0 Å². The van der Waals surface area contributed by atoms with Gasteiger partial charge in [-0.15, -0.1) is 5.10 Å². The van der Waals surface area contributed by atoms with Crippen molar-refractivity contribution < 1.29 is 4.74 Å². The lowest BCUT2D eigenvalue weighted by atomic mass is 10.1. The molecule has 6 heteroatoms. The molecule has 2 heterocycles. The largest absolute Gasteiger partial charge is 0.372 e. The first-order valence-electron chi connectivity index (χ1n) is 6.74. The lowest BCUT2D eigenvalue weighted by molar-refractivity contribution is 0.106. The van der Waals surface area contributed by atoms with Crippen LogP contribution in [0.25, 0.3) is 5.69 Å². The first kappa shape index (κ1) is 13.5. The number of aromatic nitrogens is 3. The van der Waals surface area contributed by atoms with Crippen LogP contribution in [0, 0.1) is 6.92 Å². The molecule has 1 aromatic carbocycles. The van der Waals surface area contributed by atoms with Gasteiger partial charge in [0.2, 0.25) is 0 Å². The van der Waals surface area contributed by atoms with Gasteiger partial charge < -0.3 is 10.5 Å². The van der Waals surface area contributed by atoms with Crippen LogP contribution in [-0.2, 0) is 11.3 Å². The maximum atomic E-state index is 6.20. The Morgan fingerprint density at radius 2 is 2.35 bits per heavy atom. The van der Waals surface area contributed by atoms with Gasteiger partial charge in [0.25, 0.3) is 0 Å². The number of halogens is 1. The maximum Gasteiger partial charge on any atom is 0.103 e. The van der Waals surface area contributed by atoms with Gasteiger partial charge >= 0.3 is 0 Å². The molecule has 1 unspecified atom stereocenters. The van der Waals surface area contributed by atoms with Gasteiger partial charge in [0.15, 0.2) is 0 Å². The van der Waals surface area contributed by atoms with Gasteiger partial charge in [-0.2, -0.15) is 0 Å². The van der Waals surface area contributed by atoms with Gasteiger partial charge in [0.1, 0.15) is 11.8 Å². The molecule has 1 atom stereocenters. The zero-order valence-corrected chi connectivity index (χ0v) is 12.1. The number of rotatable bonds is 3. The number of nitrogens with two attached hydrogens (primary N) is 1. The SMILES string of the molecule is Cc1c(Cl)cccc1-n1nnc(CN)c1C1CCCO1. The quantitative estimate of drug-likeness (QED) is 0.944.